The molecule has 0 aliphatic carbocycles. The molecule has 4 aromatic heterocycles. The van der Waals surface area contributed by atoms with E-state index in [0.29, 0.717) is 16.8 Å². The standard InChI is InChI=1S/C19H17ClN6O/c20-15-3-4-17-22-9-16(26(17)11-15)19-21-6-5-18(24-19)25-7-1-2-13(10-25)14-8-23-27-12-14/h3-6,8-9,11-13H,1-2,7,10H2. The first-order valence-electron chi connectivity index (χ1n) is 8.88. The second kappa shape index (κ2) is 6.66. The lowest BCUT2D eigenvalue weighted by molar-refractivity contribution is 0.416. The molecule has 1 saturated heterocycles. The van der Waals surface area contributed by atoms with Gasteiger partial charge in [-0.05, 0) is 31.0 Å². The summed E-state index contributed by atoms with van der Waals surface area (Å²) in [5.41, 5.74) is 2.78. The van der Waals surface area contributed by atoms with E-state index in [2.05, 4.69) is 20.0 Å². The molecular formula is C19H17ClN6O. The van der Waals surface area contributed by atoms with Crippen LogP contribution in [-0.4, -0.2) is 37.6 Å². The number of imidazole rings is 1. The molecule has 8 heteroatoms. The van der Waals surface area contributed by atoms with Gasteiger partial charge in [0.25, 0.3) is 0 Å². The third-order valence-electron chi connectivity index (χ3n) is 5.01. The van der Waals surface area contributed by atoms with Crippen LogP contribution >= 0.6 is 11.6 Å². The maximum Gasteiger partial charge on any atom is 0.180 e. The van der Waals surface area contributed by atoms with Crippen LogP contribution in [0, 0.1) is 0 Å². The summed E-state index contributed by atoms with van der Waals surface area (Å²) in [6.07, 6.45) is 11.2. The molecule has 0 radical (unpaired) electrons. The lowest BCUT2D eigenvalue weighted by Gasteiger charge is -2.33. The summed E-state index contributed by atoms with van der Waals surface area (Å²) in [6.45, 7) is 1.86. The summed E-state index contributed by atoms with van der Waals surface area (Å²) in [5.74, 6) is 1.95. The molecule has 1 fully saturated rings. The molecule has 0 spiro atoms. The molecule has 0 amide bonds. The molecule has 136 valence electrons. The molecule has 1 aliphatic heterocycles. The number of pyridine rings is 1. The van der Waals surface area contributed by atoms with Gasteiger partial charge in [-0.2, -0.15) is 0 Å². The summed E-state index contributed by atoms with van der Waals surface area (Å²) in [6, 6.07) is 5.66. The van der Waals surface area contributed by atoms with Crippen LogP contribution in [0.25, 0.3) is 17.2 Å². The number of nitrogens with zero attached hydrogens (tertiary/aromatic N) is 6. The van der Waals surface area contributed by atoms with Crippen LogP contribution in [0.3, 0.4) is 0 Å². The van der Waals surface area contributed by atoms with Gasteiger partial charge in [0.1, 0.15) is 23.4 Å². The smallest absolute Gasteiger partial charge is 0.180 e. The summed E-state index contributed by atoms with van der Waals surface area (Å²) >= 11 is 6.14. The van der Waals surface area contributed by atoms with Gasteiger partial charge in [-0.15, -0.1) is 0 Å². The fourth-order valence-electron chi connectivity index (χ4n) is 3.64. The molecule has 1 unspecified atom stereocenters. The van der Waals surface area contributed by atoms with Crippen LogP contribution in [-0.2, 0) is 0 Å². The van der Waals surface area contributed by atoms with Crippen molar-refractivity contribution in [1.29, 1.82) is 0 Å². The van der Waals surface area contributed by atoms with Gasteiger partial charge in [0.15, 0.2) is 5.82 Å². The third kappa shape index (κ3) is 3.04. The molecule has 0 saturated carbocycles. The van der Waals surface area contributed by atoms with E-state index in [-0.39, 0.29) is 0 Å². The van der Waals surface area contributed by atoms with Gasteiger partial charge in [-0.1, -0.05) is 16.8 Å². The Morgan fingerprint density at radius 3 is 3.00 bits per heavy atom. The number of piperidine rings is 1. The monoisotopic (exact) mass is 380 g/mol. The van der Waals surface area contributed by atoms with E-state index >= 15 is 0 Å². The van der Waals surface area contributed by atoms with Crippen molar-refractivity contribution >= 4 is 23.1 Å². The van der Waals surface area contributed by atoms with Gasteiger partial charge >= 0.3 is 0 Å². The summed E-state index contributed by atoms with van der Waals surface area (Å²) < 4.78 is 6.93. The van der Waals surface area contributed by atoms with Crippen molar-refractivity contribution in [1.82, 2.24) is 24.5 Å². The van der Waals surface area contributed by atoms with Gasteiger partial charge in [-0.25, -0.2) is 15.0 Å². The Morgan fingerprint density at radius 1 is 1.15 bits per heavy atom. The fourth-order valence-corrected chi connectivity index (χ4v) is 3.80. The van der Waals surface area contributed by atoms with Crippen molar-refractivity contribution in [2.45, 2.75) is 18.8 Å². The highest BCUT2D eigenvalue weighted by Gasteiger charge is 2.24. The highest BCUT2D eigenvalue weighted by Crippen LogP contribution is 2.29. The van der Waals surface area contributed by atoms with E-state index in [1.807, 2.05) is 35.0 Å². The van der Waals surface area contributed by atoms with E-state index < -0.39 is 0 Å². The summed E-state index contributed by atoms with van der Waals surface area (Å²) in [4.78, 5) is 16.0. The van der Waals surface area contributed by atoms with E-state index in [9.17, 15) is 0 Å². The minimum Gasteiger partial charge on any atom is -0.364 e. The van der Waals surface area contributed by atoms with Crippen molar-refractivity contribution in [3.63, 3.8) is 0 Å². The van der Waals surface area contributed by atoms with Gasteiger partial charge < -0.3 is 9.42 Å². The Hall–Kier alpha value is -2.93. The number of aromatic nitrogens is 5. The van der Waals surface area contributed by atoms with Crippen LogP contribution in [0.15, 0.2) is 53.8 Å². The molecule has 5 heterocycles. The first-order chi connectivity index (χ1) is 13.3. The molecule has 0 N–H and O–H groups in total. The van der Waals surface area contributed by atoms with Crippen molar-refractivity contribution in [2.24, 2.45) is 0 Å². The maximum absolute atomic E-state index is 6.14. The second-order valence-corrected chi connectivity index (χ2v) is 7.14. The zero-order valence-corrected chi connectivity index (χ0v) is 15.3. The predicted molar refractivity (Wildman–Crippen MR) is 102 cm³/mol. The van der Waals surface area contributed by atoms with Crippen LogP contribution in [0.5, 0.6) is 0 Å². The van der Waals surface area contributed by atoms with Gasteiger partial charge in [0.2, 0.25) is 0 Å². The number of hydrogen-bond acceptors (Lipinski definition) is 6. The van der Waals surface area contributed by atoms with Crippen molar-refractivity contribution in [3.05, 3.63) is 59.8 Å². The zero-order chi connectivity index (χ0) is 18.2. The fraction of sp³-hybridized carbons (Fsp3) is 0.263. The molecule has 27 heavy (non-hydrogen) atoms. The van der Waals surface area contributed by atoms with Crippen molar-refractivity contribution in [2.75, 3.05) is 18.0 Å². The van der Waals surface area contributed by atoms with Crippen LogP contribution < -0.4 is 4.90 Å². The van der Waals surface area contributed by atoms with Crippen LogP contribution in [0.1, 0.15) is 24.3 Å². The first-order valence-corrected chi connectivity index (χ1v) is 9.26. The Morgan fingerprint density at radius 2 is 2.11 bits per heavy atom. The van der Waals surface area contributed by atoms with Crippen LogP contribution in [0.2, 0.25) is 5.02 Å². The molecular weight excluding hydrogens is 364 g/mol. The number of hydrogen-bond donors (Lipinski definition) is 0. The van der Waals surface area contributed by atoms with Crippen LogP contribution in [0.4, 0.5) is 5.82 Å². The SMILES string of the molecule is Clc1ccc2ncc(-c3nccc(N4CCCC(c5cnoc5)C4)n3)n2c1. The quantitative estimate of drug-likeness (QED) is 0.538. The molecule has 7 nitrogen and oxygen atoms in total. The number of halogens is 1. The molecule has 1 atom stereocenters. The summed E-state index contributed by atoms with van der Waals surface area (Å²) in [7, 11) is 0. The zero-order valence-electron chi connectivity index (χ0n) is 14.5. The Balaban J connectivity index is 1.47. The Bertz CT molecular complexity index is 1080. The molecule has 0 aromatic carbocycles. The first kappa shape index (κ1) is 16.3. The molecule has 4 aromatic rings. The Kier molecular flexibility index (Phi) is 4.01. The minimum atomic E-state index is 0.401. The third-order valence-corrected chi connectivity index (χ3v) is 5.23. The van der Waals surface area contributed by atoms with E-state index in [4.69, 9.17) is 21.1 Å². The number of fused-ring (bicyclic) bond motifs is 1. The lowest BCUT2D eigenvalue weighted by Crippen LogP contribution is -2.34. The highest BCUT2D eigenvalue weighted by atomic mass is 35.5. The molecule has 5 rings (SSSR count). The van der Waals surface area contributed by atoms with Gasteiger partial charge in [0.05, 0.1) is 17.4 Å². The summed E-state index contributed by atoms with van der Waals surface area (Å²) in [5, 5.41) is 4.48. The molecule has 0 bridgehead atoms. The highest BCUT2D eigenvalue weighted by molar-refractivity contribution is 6.30. The molecule has 1 aliphatic rings. The largest absolute Gasteiger partial charge is 0.364 e. The van der Waals surface area contributed by atoms with E-state index in [1.54, 1.807) is 18.7 Å². The maximum atomic E-state index is 6.14. The van der Waals surface area contributed by atoms with Crippen molar-refractivity contribution in [3.8, 4) is 11.5 Å². The van der Waals surface area contributed by atoms with Gasteiger partial charge in [0, 0.05) is 37.0 Å². The number of anilines is 1. The lowest BCUT2D eigenvalue weighted by atomic mass is 9.93. The average Bonchev–Trinajstić information content (AvgIpc) is 3.38. The van der Waals surface area contributed by atoms with Crippen molar-refractivity contribution < 1.29 is 4.52 Å². The topological polar surface area (TPSA) is 72.3 Å². The minimum absolute atomic E-state index is 0.401. The van der Waals surface area contributed by atoms with Gasteiger partial charge in [-0.3, -0.25) is 4.40 Å². The number of rotatable bonds is 3. The van der Waals surface area contributed by atoms with E-state index in [0.717, 1.165) is 48.7 Å². The average molecular weight is 381 g/mol. The normalized spacial score (nSPS) is 17.5. The second-order valence-electron chi connectivity index (χ2n) is 6.70. The van der Waals surface area contributed by atoms with E-state index in [1.165, 1.54) is 0 Å². The Labute approximate surface area is 160 Å². The predicted octanol–water partition coefficient (Wildman–Crippen LogP) is 3.82.